The van der Waals surface area contributed by atoms with Crippen molar-refractivity contribution in [3.8, 4) is 11.5 Å². The Morgan fingerprint density at radius 3 is 1.73 bits per heavy atom. The topological polar surface area (TPSA) is 70.5 Å². The van der Waals surface area contributed by atoms with E-state index in [4.69, 9.17) is 20.9 Å². The SMILES string of the molecule is CC1=CC(C(F)C(F)(F)C(F)(F)F)C(Oc2ccccc2N)(Oc2ccccc2N)C(C)=C1. The molecular weight excluding hydrogens is 450 g/mol. The molecule has 10 heteroatoms. The van der Waals surface area contributed by atoms with Crippen LogP contribution in [-0.2, 0) is 0 Å². The highest BCUT2D eigenvalue weighted by Gasteiger charge is 2.68. The number of halogens is 6. The summed E-state index contributed by atoms with van der Waals surface area (Å²) in [7, 11) is 0. The van der Waals surface area contributed by atoms with Crippen LogP contribution in [-0.4, -0.2) is 24.1 Å². The molecule has 3 rings (SSSR count). The third kappa shape index (κ3) is 4.46. The number of benzene rings is 2. The van der Waals surface area contributed by atoms with Gasteiger partial charge in [-0.05, 0) is 38.1 Å². The number of para-hydroxylation sites is 4. The first-order valence-electron chi connectivity index (χ1n) is 9.82. The van der Waals surface area contributed by atoms with Crippen molar-refractivity contribution in [1.82, 2.24) is 0 Å². The lowest BCUT2D eigenvalue weighted by Gasteiger charge is -2.44. The van der Waals surface area contributed by atoms with E-state index in [1.807, 2.05) is 0 Å². The predicted molar refractivity (Wildman–Crippen MR) is 113 cm³/mol. The van der Waals surface area contributed by atoms with Crippen molar-refractivity contribution in [2.45, 2.75) is 37.9 Å². The molecule has 4 N–H and O–H groups in total. The first-order chi connectivity index (χ1) is 15.3. The number of anilines is 2. The Morgan fingerprint density at radius 1 is 0.848 bits per heavy atom. The Balaban J connectivity index is 2.23. The number of ether oxygens (including phenoxy) is 2. The fraction of sp³-hybridized carbons (Fsp3) is 0.304. The molecular formula is C23H22F6N2O2. The molecule has 0 saturated carbocycles. The number of nitrogen functional groups attached to an aromatic ring is 2. The van der Waals surface area contributed by atoms with E-state index in [2.05, 4.69) is 0 Å². The van der Waals surface area contributed by atoms with E-state index in [0.29, 0.717) is 0 Å². The minimum Gasteiger partial charge on any atom is -0.446 e. The number of hydrogen-bond acceptors (Lipinski definition) is 4. The van der Waals surface area contributed by atoms with Crippen LogP contribution < -0.4 is 20.9 Å². The van der Waals surface area contributed by atoms with Gasteiger partial charge >= 0.3 is 12.1 Å². The number of nitrogens with two attached hydrogens (primary N) is 2. The fourth-order valence-corrected chi connectivity index (χ4v) is 3.60. The van der Waals surface area contributed by atoms with Crippen LogP contribution in [0.3, 0.4) is 0 Å². The van der Waals surface area contributed by atoms with Gasteiger partial charge in [0.2, 0.25) is 0 Å². The van der Waals surface area contributed by atoms with Gasteiger partial charge in [0.15, 0.2) is 6.17 Å². The summed E-state index contributed by atoms with van der Waals surface area (Å²) in [6.45, 7) is 2.81. The van der Waals surface area contributed by atoms with E-state index in [9.17, 15) is 22.0 Å². The molecule has 0 aliphatic heterocycles. The third-order valence-corrected chi connectivity index (χ3v) is 5.28. The molecule has 2 aromatic carbocycles. The van der Waals surface area contributed by atoms with Crippen LogP contribution in [0.2, 0.25) is 0 Å². The van der Waals surface area contributed by atoms with Crippen LogP contribution in [0.4, 0.5) is 37.7 Å². The van der Waals surface area contributed by atoms with Gasteiger partial charge in [-0.3, -0.25) is 0 Å². The maximum absolute atomic E-state index is 15.2. The highest BCUT2D eigenvalue weighted by atomic mass is 19.4. The molecule has 0 spiro atoms. The number of allylic oxidation sites excluding steroid dienone is 2. The molecule has 2 unspecified atom stereocenters. The summed E-state index contributed by atoms with van der Waals surface area (Å²) < 4.78 is 94.8. The standard InChI is InChI=1S/C23H22F6N2O2/c1-13-11-14(2)21(32-18-9-5-3-7-16(18)30,33-19-10-6-4-8-17(19)31)15(12-13)20(24)22(25,26)23(27,28)29/h3-12,15,20H,30-31H2,1-2H3. The van der Waals surface area contributed by atoms with Crippen molar-refractivity contribution in [2.24, 2.45) is 5.92 Å². The Labute approximate surface area is 186 Å². The second-order valence-corrected chi connectivity index (χ2v) is 7.73. The van der Waals surface area contributed by atoms with E-state index >= 15 is 4.39 Å². The van der Waals surface area contributed by atoms with Crippen LogP contribution in [0, 0.1) is 5.92 Å². The van der Waals surface area contributed by atoms with Crippen LogP contribution in [0.15, 0.2) is 71.8 Å². The Morgan fingerprint density at radius 2 is 1.30 bits per heavy atom. The largest absolute Gasteiger partial charge is 0.456 e. The number of rotatable bonds is 6. The molecule has 1 aliphatic rings. The molecule has 0 saturated heterocycles. The molecule has 0 radical (unpaired) electrons. The molecule has 2 atom stereocenters. The van der Waals surface area contributed by atoms with Crippen LogP contribution in [0.1, 0.15) is 13.8 Å². The van der Waals surface area contributed by atoms with Gasteiger partial charge in [0.1, 0.15) is 11.5 Å². The minimum atomic E-state index is -6.15. The molecule has 1 aliphatic carbocycles. The van der Waals surface area contributed by atoms with Crippen molar-refractivity contribution in [3.05, 3.63) is 71.8 Å². The molecule has 178 valence electrons. The van der Waals surface area contributed by atoms with Crippen LogP contribution in [0.25, 0.3) is 0 Å². The first kappa shape index (κ1) is 24.3. The summed E-state index contributed by atoms with van der Waals surface area (Å²) in [5, 5.41) is 0. The summed E-state index contributed by atoms with van der Waals surface area (Å²) in [6, 6.07) is 11.7. The maximum atomic E-state index is 15.2. The Hall–Kier alpha value is -3.30. The van der Waals surface area contributed by atoms with Gasteiger partial charge in [0.05, 0.1) is 17.3 Å². The van der Waals surface area contributed by atoms with Crippen molar-refractivity contribution in [2.75, 3.05) is 11.5 Å². The number of alkyl halides is 6. The van der Waals surface area contributed by atoms with Gasteiger partial charge in [-0.15, -0.1) is 0 Å². The van der Waals surface area contributed by atoms with Gasteiger partial charge < -0.3 is 20.9 Å². The van der Waals surface area contributed by atoms with Crippen LogP contribution >= 0.6 is 0 Å². The van der Waals surface area contributed by atoms with Crippen molar-refractivity contribution < 1.29 is 35.8 Å². The Kier molecular flexibility index (Phi) is 6.32. The molecule has 0 bridgehead atoms. The molecule has 0 aromatic heterocycles. The normalized spacial score (nSPS) is 19.3. The lowest BCUT2D eigenvalue weighted by atomic mass is 9.79. The smallest absolute Gasteiger partial charge is 0.446 e. The van der Waals surface area contributed by atoms with Crippen molar-refractivity contribution >= 4 is 11.4 Å². The van der Waals surface area contributed by atoms with Gasteiger partial charge in [-0.1, -0.05) is 42.0 Å². The van der Waals surface area contributed by atoms with E-state index in [0.717, 1.165) is 6.08 Å². The molecule has 0 fully saturated rings. The Bertz CT molecular complexity index is 1030. The fourth-order valence-electron chi connectivity index (χ4n) is 3.60. The summed E-state index contributed by atoms with van der Waals surface area (Å²) in [5.41, 5.74) is 12.2. The first-order valence-corrected chi connectivity index (χ1v) is 9.82. The van der Waals surface area contributed by atoms with Crippen LogP contribution in [0.5, 0.6) is 11.5 Å². The number of hydrogen-bond donors (Lipinski definition) is 2. The average molecular weight is 472 g/mol. The van der Waals surface area contributed by atoms with Gasteiger partial charge in [-0.2, -0.15) is 22.0 Å². The lowest BCUT2D eigenvalue weighted by Crippen LogP contribution is -2.60. The molecule has 4 nitrogen and oxygen atoms in total. The van der Waals surface area contributed by atoms with E-state index in [-0.39, 0.29) is 34.0 Å². The summed E-state index contributed by atoms with van der Waals surface area (Å²) in [5.74, 6) is -10.6. The molecule has 0 heterocycles. The van der Waals surface area contributed by atoms with Crippen molar-refractivity contribution in [1.29, 1.82) is 0 Å². The second kappa shape index (κ2) is 8.57. The average Bonchev–Trinajstić information content (AvgIpc) is 2.72. The monoisotopic (exact) mass is 472 g/mol. The molecule has 0 amide bonds. The van der Waals surface area contributed by atoms with E-state index in [1.54, 1.807) is 12.1 Å². The highest BCUT2D eigenvalue weighted by molar-refractivity contribution is 5.55. The highest BCUT2D eigenvalue weighted by Crippen LogP contribution is 2.50. The zero-order valence-corrected chi connectivity index (χ0v) is 17.7. The second-order valence-electron chi connectivity index (χ2n) is 7.73. The van der Waals surface area contributed by atoms with Gasteiger partial charge in [0, 0.05) is 5.57 Å². The summed E-state index contributed by atoms with van der Waals surface area (Å²) in [4.78, 5) is 0. The zero-order valence-electron chi connectivity index (χ0n) is 17.7. The van der Waals surface area contributed by atoms with Crippen molar-refractivity contribution in [3.63, 3.8) is 0 Å². The predicted octanol–water partition coefficient (Wildman–Crippen LogP) is 6.06. The molecule has 33 heavy (non-hydrogen) atoms. The van der Waals surface area contributed by atoms with Gasteiger partial charge in [-0.25, -0.2) is 4.39 Å². The summed E-state index contributed by atoms with van der Waals surface area (Å²) >= 11 is 0. The maximum Gasteiger partial charge on any atom is 0.456 e. The minimum absolute atomic E-state index is 0.0392. The third-order valence-electron chi connectivity index (χ3n) is 5.28. The summed E-state index contributed by atoms with van der Waals surface area (Å²) in [6.07, 6.45) is -7.54. The lowest BCUT2D eigenvalue weighted by molar-refractivity contribution is -0.315. The van der Waals surface area contributed by atoms with E-state index < -0.39 is 30.0 Å². The quantitative estimate of drug-likeness (QED) is 0.305. The van der Waals surface area contributed by atoms with Gasteiger partial charge in [0.25, 0.3) is 5.79 Å². The zero-order chi connectivity index (χ0) is 24.6. The van der Waals surface area contributed by atoms with E-state index in [1.165, 1.54) is 56.3 Å². The molecule has 2 aromatic rings.